The predicted molar refractivity (Wildman–Crippen MR) is 83.2 cm³/mol. The molecule has 4 rings (SSSR count). The SMILES string of the molecule is O=C1COc2ccc(S(=O)(=O)N3CCC4(CC3)OCCO4)cc2N1. The minimum atomic E-state index is -3.64. The van der Waals surface area contributed by atoms with Crippen LogP contribution in [0.4, 0.5) is 5.69 Å². The van der Waals surface area contributed by atoms with Crippen molar-refractivity contribution in [3.63, 3.8) is 0 Å². The van der Waals surface area contributed by atoms with Crippen LogP contribution >= 0.6 is 0 Å². The van der Waals surface area contributed by atoms with Gasteiger partial charge in [-0.05, 0) is 18.2 Å². The Balaban J connectivity index is 1.55. The normalized spacial score (nSPS) is 23.6. The van der Waals surface area contributed by atoms with Crippen molar-refractivity contribution < 1.29 is 27.4 Å². The largest absolute Gasteiger partial charge is 0.482 e. The van der Waals surface area contributed by atoms with Crippen molar-refractivity contribution in [1.82, 2.24) is 4.31 Å². The zero-order valence-electron chi connectivity index (χ0n) is 13.0. The van der Waals surface area contributed by atoms with Crippen LogP contribution in [0, 0.1) is 0 Å². The van der Waals surface area contributed by atoms with E-state index < -0.39 is 15.8 Å². The van der Waals surface area contributed by atoms with E-state index >= 15 is 0 Å². The zero-order valence-corrected chi connectivity index (χ0v) is 13.8. The number of nitrogens with one attached hydrogen (secondary N) is 1. The quantitative estimate of drug-likeness (QED) is 0.833. The van der Waals surface area contributed by atoms with Gasteiger partial charge in [-0.15, -0.1) is 0 Å². The molecule has 0 atom stereocenters. The van der Waals surface area contributed by atoms with Gasteiger partial charge < -0.3 is 19.5 Å². The average molecular weight is 354 g/mol. The number of amides is 1. The van der Waals surface area contributed by atoms with Crippen molar-refractivity contribution in [2.45, 2.75) is 23.5 Å². The summed E-state index contributed by atoms with van der Waals surface area (Å²) in [6, 6.07) is 4.50. The molecular weight excluding hydrogens is 336 g/mol. The average Bonchev–Trinajstić information content (AvgIpc) is 3.02. The summed E-state index contributed by atoms with van der Waals surface area (Å²) in [4.78, 5) is 11.5. The predicted octanol–water partition coefficient (Wildman–Crippen LogP) is 0.545. The van der Waals surface area contributed by atoms with E-state index in [-0.39, 0.29) is 17.4 Å². The maximum Gasteiger partial charge on any atom is 0.262 e. The van der Waals surface area contributed by atoms with Gasteiger partial charge in [-0.3, -0.25) is 4.79 Å². The number of carbonyl (C=O) groups is 1. The highest BCUT2D eigenvalue weighted by Gasteiger charge is 2.42. The van der Waals surface area contributed by atoms with E-state index in [1.165, 1.54) is 16.4 Å². The Morgan fingerprint density at radius 3 is 2.54 bits per heavy atom. The molecule has 24 heavy (non-hydrogen) atoms. The molecule has 3 aliphatic rings. The summed E-state index contributed by atoms with van der Waals surface area (Å²) in [7, 11) is -3.64. The van der Waals surface area contributed by atoms with Gasteiger partial charge in [-0.25, -0.2) is 8.42 Å². The number of anilines is 1. The fraction of sp³-hybridized carbons (Fsp3) is 0.533. The molecule has 1 aromatic carbocycles. The first-order valence-corrected chi connectivity index (χ1v) is 9.27. The Labute approximate surface area is 139 Å². The molecule has 1 amide bonds. The first-order valence-electron chi connectivity index (χ1n) is 7.83. The molecule has 1 spiro atoms. The summed E-state index contributed by atoms with van der Waals surface area (Å²) in [5.74, 6) is -0.449. The maximum absolute atomic E-state index is 12.8. The Morgan fingerprint density at radius 1 is 1.12 bits per heavy atom. The third kappa shape index (κ3) is 2.67. The van der Waals surface area contributed by atoms with Crippen LogP contribution in [-0.2, 0) is 24.3 Å². The molecule has 1 aromatic rings. The Kier molecular flexibility index (Phi) is 3.75. The molecule has 9 heteroatoms. The zero-order chi connectivity index (χ0) is 16.8. The Bertz CT molecular complexity index is 762. The van der Waals surface area contributed by atoms with Gasteiger partial charge >= 0.3 is 0 Å². The van der Waals surface area contributed by atoms with Crippen molar-refractivity contribution in [2.75, 3.05) is 38.2 Å². The molecule has 2 fully saturated rings. The lowest BCUT2D eigenvalue weighted by molar-refractivity contribution is -0.179. The fourth-order valence-corrected chi connectivity index (χ4v) is 4.69. The summed E-state index contributed by atoms with van der Waals surface area (Å²) in [6.45, 7) is 1.71. The summed E-state index contributed by atoms with van der Waals surface area (Å²) in [5, 5.41) is 2.63. The lowest BCUT2D eigenvalue weighted by Gasteiger charge is -2.36. The van der Waals surface area contributed by atoms with Gasteiger partial charge in [0, 0.05) is 25.9 Å². The Hall–Kier alpha value is -1.68. The highest BCUT2D eigenvalue weighted by atomic mass is 32.2. The Morgan fingerprint density at radius 2 is 1.83 bits per heavy atom. The topological polar surface area (TPSA) is 94.2 Å². The van der Waals surface area contributed by atoms with E-state index in [4.69, 9.17) is 14.2 Å². The molecule has 0 radical (unpaired) electrons. The molecule has 0 bridgehead atoms. The minimum absolute atomic E-state index is 0.0622. The summed E-state index contributed by atoms with van der Waals surface area (Å²) >= 11 is 0. The van der Waals surface area contributed by atoms with Crippen molar-refractivity contribution >= 4 is 21.6 Å². The van der Waals surface area contributed by atoms with Crippen LogP contribution in [0.25, 0.3) is 0 Å². The number of benzene rings is 1. The molecule has 2 saturated heterocycles. The van der Waals surface area contributed by atoms with Crippen LogP contribution in [0.2, 0.25) is 0 Å². The van der Waals surface area contributed by atoms with E-state index in [0.717, 1.165) is 0 Å². The molecule has 0 saturated carbocycles. The molecule has 3 aliphatic heterocycles. The highest BCUT2D eigenvalue weighted by Crippen LogP contribution is 2.35. The second-order valence-electron chi connectivity index (χ2n) is 6.01. The number of fused-ring (bicyclic) bond motifs is 1. The first-order chi connectivity index (χ1) is 11.5. The number of piperidine rings is 1. The lowest BCUT2D eigenvalue weighted by atomic mass is 10.1. The van der Waals surface area contributed by atoms with Gasteiger partial charge in [-0.1, -0.05) is 0 Å². The number of rotatable bonds is 2. The maximum atomic E-state index is 12.8. The van der Waals surface area contributed by atoms with Crippen LogP contribution in [-0.4, -0.2) is 57.3 Å². The third-order valence-corrected chi connectivity index (χ3v) is 6.41. The van der Waals surface area contributed by atoms with E-state index in [2.05, 4.69) is 5.32 Å². The minimum Gasteiger partial charge on any atom is -0.482 e. The van der Waals surface area contributed by atoms with Crippen molar-refractivity contribution in [3.05, 3.63) is 18.2 Å². The van der Waals surface area contributed by atoms with E-state index in [9.17, 15) is 13.2 Å². The number of hydrogen-bond donors (Lipinski definition) is 1. The van der Waals surface area contributed by atoms with E-state index in [0.29, 0.717) is 50.6 Å². The van der Waals surface area contributed by atoms with E-state index in [1.807, 2.05) is 0 Å². The van der Waals surface area contributed by atoms with Crippen molar-refractivity contribution in [2.24, 2.45) is 0 Å². The standard InChI is InChI=1S/C15H18N2O6S/c18-14-10-21-13-2-1-11(9-12(13)16-14)24(19,20)17-5-3-15(4-6-17)22-7-8-23-15/h1-2,9H,3-8,10H2,(H,16,18). The number of ether oxygens (including phenoxy) is 3. The summed E-state index contributed by atoms with van der Waals surface area (Å²) < 4.78 is 43.6. The molecule has 0 aliphatic carbocycles. The van der Waals surface area contributed by atoms with Gasteiger partial charge in [-0.2, -0.15) is 4.31 Å². The van der Waals surface area contributed by atoms with Gasteiger partial charge in [0.1, 0.15) is 5.75 Å². The third-order valence-electron chi connectivity index (χ3n) is 4.52. The fourth-order valence-electron chi connectivity index (χ4n) is 3.22. The van der Waals surface area contributed by atoms with Crippen LogP contribution in [0.1, 0.15) is 12.8 Å². The first kappa shape index (κ1) is 15.8. The number of hydrogen-bond acceptors (Lipinski definition) is 6. The van der Waals surface area contributed by atoms with Crippen LogP contribution in [0.3, 0.4) is 0 Å². The molecule has 8 nitrogen and oxygen atoms in total. The van der Waals surface area contributed by atoms with Crippen LogP contribution < -0.4 is 10.1 Å². The molecule has 0 unspecified atom stereocenters. The van der Waals surface area contributed by atoms with Gasteiger partial charge in [0.05, 0.1) is 23.8 Å². The van der Waals surface area contributed by atoms with Crippen molar-refractivity contribution in [1.29, 1.82) is 0 Å². The molecule has 130 valence electrons. The van der Waals surface area contributed by atoms with E-state index in [1.54, 1.807) is 6.07 Å². The van der Waals surface area contributed by atoms with Crippen LogP contribution in [0.5, 0.6) is 5.75 Å². The highest BCUT2D eigenvalue weighted by molar-refractivity contribution is 7.89. The van der Waals surface area contributed by atoms with Gasteiger partial charge in [0.15, 0.2) is 12.4 Å². The van der Waals surface area contributed by atoms with Gasteiger partial charge in [0.2, 0.25) is 10.0 Å². The lowest BCUT2D eigenvalue weighted by Crippen LogP contribution is -2.47. The van der Waals surface area contributed by atoms with Gasteiger partial charge in [0.25, 0.3) is 5.91 Å². The summed E-state index contributed by atoms with van der Waals surface area (Å²) in [5.41, 5.74) is 0.378. The number of sulfonamides is 1. The molecule has 0 aromatic heterocycles. The molecule has 1 N–H and O–H groups in total. The second-order valence-corrected chi connectivity index (χ2v) is 7.94. The molecular formula is C15H18N2O6S. The summed E-state index contributed by atoms with van der Waals surface area (Å²) in [6.07, 6.45) is 1.02. The number of nitrogens with zero attached hydrogens (tertiary/aromatic N) is 1. The smallest absolute Gasteiger partial charge is 0.262 e. The molecule has 3 heterocycles. The second kappa shape index (κ2) is 5.69. The van der Waals surface area contributed by atoms with Crippen molar-refractivity contribution in [3.8, 4) is 5.75 Å². The number of carbonyl (C=O) groups excluding carboxylic acids is 1. The van der Waals surface area contributed by atoms with Crippen LogP contribution in [0.15, 0.2) is 23.1 Å². The monoisotopic (exact) mass is 354 g/mol.